The Morgan fingerprint density at radius 3 is 3.04 bits per heavy atom. The molecule has 0 spiro atoms. The monoisotopic (exact) mass is 326 g/mol. The average Bonchev–Trinajstić information content (AvgIpc) is 3.26. The standard InChI is InChI=1S/C17H18N4O3/c1-23-16-4-2-3-15(9-16)20-17(22)18-6-7-21-11-14(10-19-21)13-5-8-24-12-13/h2-5,8-12H,6-7H2,1H3,(H2,18,20,22). The normalized spacial score (nSPS) is 10.4. The number of urea groups is 1. The molecule has 7 heteroatoms. The van der Waals surface area contributed by atoms with Crippen molar-refractivity contribution in [2.24, 2.45) is 0 Å². The summed E-state index contributed by atoms with van der Waals surface area (Å²) in [6, 6.07) is 8.79. The van der Waals surface area contributed by atoms with E-state index in [9.17, 15) is 4.79 Å². The summed E-state index contributed by atoms with van der Waals surface area (Å²) in [5.74, 6) is 0.691. The van der Waals surface area contributed by atoms with Crippen LogP contribution >= 0.6 is 0 Å². The second-order valence-corrected chi connectivity index (χ2v) is 5.12. The van der Waals surface area contributed by atoms with Gasteiger partial charge >= 0.3 is 6.03 Å². The second kappa shape index (κ2) is 7.36. The molecule has 2 heterocycles. The smallest absolute Gasteiger partial charge is 0.319 e. The van der Waals surface area contributed by atoms with E-state index in [0.29, 0.717) is 24.5 Å². The van der Waals surface area contributed by atoms with Gasteiger partial charge < -0.3 is 19.8 Å². The van der Waals surface area contributed by atoms with Gasteiger partial charge in [-0.15, -0.1) is 0 Å². The molecule has 0 atom stereocenters. The van der Waals surface area contributed by atoms with E-state index < -0.39 is 0 Å². The minimum absolute atomic E-state index is 0.273. The Kier molecular flexibility index (Phi) is 4.81. The molecule has 0 radical (unpaired) electrons. The van der Waals surface area contributed by atoms with Crippen LogP contribution < -0.4 is 15.4 Å². The number of carbonyl (C=O) groups excluding carboxylic acids is 1. The van der Waals surface area contributed by atoms with Gasteiger partial charge in [-0.2, -0.15) is 5.10 Å². The van der Waals surface area contributed by atoms with Crippen LogP contribution in [0.2, 0.25) is 0 Å². The van der Waals surface area contributed by atoms with E-state index >= 15 is 0 Å². The quantitative estimate of drug-likeness (QED) is 0.729. The van der Waals surface area contributed by atoms with Crippen LogP contribution in [0.15, 0.2) is 59.7 Å². The summed E-state index contributed by atoms with van der Waals surface area (Å²) in [5, 5.41) is 9.81. The summed E-state index contributed by atoms with van der Waals surface area (Å²) < 4.78 is 11.9. The Hall–Kier alpha value is -3.22. The van der Waals surface area contributed by atoms with Crippen LogP contribution in [-0.4, -0.2) is 29.5 Å². The molecule has 0 aliphatic rings. The highest BCUT2D eigenvalue weighted by Crippen LogP contribution is 2.18. The third kappa shape index (κ3) is 3.95. The number of ether oxygens (including phenoxy) is 1. The number of hydrogen-bond acceptors (Lipinski definition) is 4. The predicted octanol–water partition coefficient (Wildman–Crippen LogP) is 2.97. The molecule has 0 fully saturated rings. The molecule has 0 saturated heterocycles. The Morgan fingerprint density at radius 2 is 2.25 bits per heavy atom. The molecule has 2 N–H and O–H groups in total. The molecule has 2 aromatic heterocycles. The van der Waals surface area contributed by atoms with Gasteiger partial charge in [0.2, 0.25) is 0 Å². The van der Waals surface area contributed by atoms with Gasteiger partial charge in [0.1, 0.15) is 5.75 Å². The van der Waals surface area contributed by atoms with Gasteiger partial charge in [0.25, 0.3) is 0 Å². The fourth-order valence-corrected chi connectivity index (χ4v) is 2.22. The maximum Gasteiger partial charge on any atom is 0.319 e. The summed E-state index contributed by atoms with van der Waals surface area (Å²) in [4.78, 5) is 11.9. The molecule has 2 amide bonds. The Labute approximate surface area is 139 Å². The minimum Gasteiger partial charge on any atom is -0.497 e. The van der Waals surface area contributed by atoms with Crippen LogP contribution in [0.4, 0.5) is 10.5 Å². The third-order valence-electron chi connectivity index (χ3n) is 3.44. The van der Waals surface area contributed by atoms with Crippen molar-refractivity contribution in [1.29, 1.82) is 0 Å². The Bertz CT molecular complexity index is 796. The van der Waals surface area contributed by atoms with Gasteiger partial charge in [-0.1, -0.05) is 6.07 Å². The van der Waals surface area contributed by atoms with Crippen LogP contribution in [0.1, 0.15) is 0 Å². The minimum atomic E-state index is -0.273. The number of hydrogen-bond donors (Lipinski definition) is 2. The zero-order chi connectivity index (χ0) is 16.8. The fourth-order valence-electron chi connectivity index (χ4n) is 2.22. The van der Waals surface area contributed by atoms with Crippen molar-refractivity contribution < 1.29 is 13.9 Å². The number of rotatable bonds is 6. The maximum atomic E-state index is 11.9. The molecular weight excluding hydrogens is 308 g/mol. The van der Waals surface area contributed by atoms with Crippen LogP contribution in [0.3, 0.4) is 0 Å². The van der Waals surface area contributed by atoms with Crippen molar-refractivity contribution in [2.75, 3.05) is 19.0 Å². The SMILES string of the molecule is COc1cccc(NC(=O)NCCn2cc(-c3ccoc3)cn2)c1. The predicted molar refractivity (Wildman–Crippen MR) is 89.9 cm³/mol. The van der Waals surface area contributed by atoms with Crippen LogP contribution in [0.5, 0.6) is 5.75 Å². The molecule has 3 aromatic rings. The van der Waals surface area contributed by atoms with E-state index in [0.717, 1.165) is 11.1 Å². The van der Waals surface area contributed by atoms with E-state index in [4.69, 9.17) is 9.15 Å². The summed E-state index contributed by atoms with van der Waals surface area (Å²) in [6.45, 7) is 1.03. The van der Waals surface area contributed by atoms with Crippen molar-refractivity contribution in [3.8, 4) is 16.9 Å². The number of amides is 2. The van der Waals surface area contributed by atoms with Crippen molar-refractivity contribution in [3.63, 3.8) is 0 Å². The average molecular weight is 326 g/mol. The van der Waals surface area contributed by atoms with Crippen LogP contribution in [-0.2, 0) is 6.54 Å². The van der Waals surface area contributed by atoms with Crippen LogP contribution in [0, 0.1) is 0 Å². The van der Waals surface area contributed by atoms with Gasteiger partial charge in [-0.25, -0.2) is 4.79 Å². The lowest BCUT2D eigenvalue weighted by Crippen LogP contribution is -2.31. The summed E-state index contributed by atoms with van der Waals surface area (Å²) in [5.41, 5.74) is 2.63. The van der Waals surface area contributed by atoms with E-state index in [-0.39, 0.29) is 6.03 Å². The first kappa shape index (κ1) is 15.7. The van der Waals surface area contributed by atoms with Gasteiger partial charge in [-0.05, 0) is 18.2 Å². The highest BCUT2D eigenvalue weighted by molar-refractivity contribution is 5.89. The van der Waals surface area contributed by atoms with Crippen molar-refractivity contribution in [1.82, 2.24) is 15.1 Å². The lowest BCUT2D eigenvalue weighted by atomic mass is 10.2. The largest absolute Gasteiger partial charge is 0.497 e. The molecule has 0 unspecified atom stereocenters. The lowest BCUT2D eigenvalue weighted by molar-refractivity contribution is 0.251. The number of carbonyl (C=O) groups is 1. The molecule has 0 bridgehead atoms. The summed E-state index contributed by atoms with van der Waals surface area (Å²) >= 11 is 0. The molecule has 0 saturated carbocycles. The molecular formula is C17H18N4O3. The highest BCUT2D eigenvalue weighted by Gasteiger charge is 2.05. The van der Waals surface area contributed by atoms with E-state index in [2.05, 4.69) is 15.7 Å². The summed E-state index contributed by atoms with van der Waals surface area (Å²) in [6.07, 6.45) is 6.96. The van der Waals surface area contributed by atoms with Gasteiger partial charge in [0, 0.05) is 35.6 Å². The van der Waals surface area contributed by atoms with Crippen molar-refractivity contribution in [2.45, 2.75) is 6.54 Å². The lowest BCUT2D eigenvalue weighted by Gasteiger charge is -2.08. The van der Waals surface area contributed by atoms with Crippen LogP contribution in [0.25, 0.3) is 11.1 Å². The molecule has 24 heavy (non-hydrogen) atoms. The Balaban J connectivity index is 1.46. The van der Waals surface area contributed by atoms with Crippen molar-refractivity contribution in [3.05, 3.63) is 55.3 Å². The first-order chi connectivity index (χ1) is 11.7. The van der Waals surface area contributed by atoms with Gasteiger partial charge in [-0.3, -0.25) is 4.68 Å². The van der Waals surface area contributed by atoms with E-state index in [1.165, 1.54) is 0 Å². The van der Waals surface area contributed by atoms with Crippen molar-refractivity contribution >= 4 is 11.7 Å². The summed E-state index contributed by atoms with van der Waals surface area (Å²) in [7, 11) is 1.58. The number of furan rings is 1. The van der Waals surface area contributed by atoms with E-state index in [1.54, 1.807) is 42.6 Å². The number of anilines is 1. The van der Waals surface area contributed by atoms with Gasteiger partial charge in [0.15, 0.2) is 0 Å². The number of aromatic nitrogens is 2. The molecule has 0 aliphatic carbocycles. The van der Waals surface area contributed by atoms with E-state index in [1.807, 2.05) is 24.4 Å². The maximum absolute atomic E-state index is 11.9. The number of nitrogens with zero attached hydrogens (tertiary/aromatic N) is 2. The highest BCUT2D eigenvalue weighted by atomic mass is 16.5. The zero-order valence-electron chi connectivity index (χ0n) is 13.2. The topological polar surface area (TPSA) is 81.3 Å². The number of methoxy groups -OCH3 is 1. The first-order valence-electron chi connectivity index (χ1n) is 7.48. The first-order valence-corrected chi connectivity index (χ1v) is 7.48. The number of benzene rings is 1. The molecule has 0 aliphatic heterocycles. The fraction of sp³-hybridized carbons (Fsp3) is 0.176. The third-order valence-corrected chi connectivity index (χ3v) is 3.44. The zero-order valence-corrected chi connectivity index (χ0v) is 13.2. The molecule has 124 valence electrons. The Morgan fingerprint density at radius 1 is 1.33 bits per heavy atom. The molecule has 1 aromatic carbocycles. The molecule has 7 nitrogen and oxygen atoms in total. The molecule has 3 rings (SSSR count). The van der Waals surface area contributed by atoms with Gasteiger partial charge in [0.05, 0.1) is 32.4 Å². The second-order valence-electron chi connectivity index (χ2n) is 5.12. The number of nitrogens with one attached hydrogen (secondary N) is 2.